The molecule has 1 rings (SSSR count). The fraction of sp³-hybridized carbons (Fsp3) is 0.529. The van der Waals surface area contributed by atoms with Gasteiger partial charge in [0.15, 0.2) is 16.8 Å². The lowest BCUT2D eigenvalue weighted by Crippen LogP contribution is -2.53. The van der Waals surface area contributed by atoms with Crippen molar-refractivity contribution in [3.63, 3.8) is 0 Å². The van der Waals surface area contributed by atoms with Crippen LogP contribution in [0.2, 0.25) is 0 Å². The van der Waals surface area contributed by atoms with E-state index in [0.717, 1.165) is 0 Å². The van der Waals surface area contributed by atoms with Gasteiger partial charge in [-0.3, -0.25) is 0 Å². The second-order valence-electron chi connectivity index (χ2n) is 5.16. The lowest BCUT2D eigenvalue weighted by Gasteiger charge is -2.30. The first-order valence-electron chi connectivity index (χ1n) is 8.91. The van der Waals surface area contributed by atoms with Gasteiger partial charge in [0.1, 0.15) is 11.6 Å². The van der Waals surface area contributed by atoms with Crippen LogP contribution < -0.4 is 16.0 Å². The molecule has 0 aromatic heterocycles. The number of hydrogen-bond acceptors (Lipinski definition) is 11. The van der Waals surface area contributed by atoms with E-state index in [9.17, 15) is 19.2 Å². The van der Waals surface area contributed by atoms with Crippen LogP contribution in [0.15, 0.2) is 22.8 Å². The van der Waals surface area contributed by atoms with Crippen LogP contribution in [0, 0.1) is 0 Å². The van der Waals surface area contributed by atoms with Crippen LogP contribution in [-0.2, 0) is 38.1 Å². The molecule has 1 saturated heterocycles. The predicted octanol–water partition coefficient (Wildman–Crippen LogP) is -0.0332. The number of esters is 4. The zero-order valence-corrected chi connectivity index (χ0v) is 17.3. The largest absolute Gasteiger partial charge is 0.462 e. The van der Waals surface area contributed by atoms with Crippen molar-refractivity contribution in [1.82, 2.24) is 16.0 Å². The molecule has 0 aromatic rings. The number of hydrogen-bond donors (Lipinski definition) is 3. The Labute approximate surface area is 172 Å². The average molecular weight is 434 g/mol. The molecule has 0 spiro atoms. The minimum Gasteiger partial charge on any atom is -0.462 e. The van der Waals surface area contributed by atoms with Gasteiger partial charge in [-0.2, -0.15) is 0 Å². The van der Waals surface area contributed by atoms with Crippen LogP contribution in [0.5, 0.6) is 0 Å². The molecule has 1 fully saturated rings. The Morgan fingerprint density at radius 3 is 1.21 bits per heavy atom. The molecule has 3 N–H and O–H groups in total. The molecule has 162 valence electrons. The summed E-state index contributed by atoms with van der Waals surface area (Å²) in [6.45, 7) is 6.23. The zero-order chi connectivity index (χ0) is 22.0. The predicted molar refractivity (Wildman–Crippen MR) is 99.6 cm³/mol. The number of ether oxygens (including phenoxy) is 4. The van der Waals surface area contributed by atoms with Crippen molar-refractivity contribution in [3.05, 3.63) is 22.8 Å². The topological polar surface area (TPSA) is 141 Å². The van der Waals surface area contributed by atoms with Gasteiger partial charge in [-0.1, -0.05) is 11.6 Å². The highest BCUT2D eigenvalue weighted by Gasteiger charge is 2.34. The molecule has 12 heteroatoms. The molecule has 0 amide bonds. The van der Waals surface area contributed by atoms with Gasteiger partial charge in [0, 0.05) is 0 Å². The van der Waals surface area contributed by atoms with Crippen LogP contribution in [0.1, 0.15) is 27.7 Å². The van der Waals surface area contributed by atoms with Crippen LogP contribution in [0.4, 0.5) is 0 Å². The summed E-state index contributed by atoms with van der Waals surface area (Å²) in [6.07, 6.45) is 0. The maximum absolute atomic E-state index is 12.3. The smallest absolute Gasteiger partial charge is 0.349 e. The van der Waals surface area contributed by atoms with Crippen LogP contribution in [0.25, 0.3) is 0 Å². The lowest BCUT2D eigenvalue weighted by atomic mass is 10.2. The fourth-order valence-electron chi connectivity index (χ4n) is 2.14. The van der Waals surface area contributed by atoms with E-state index in [1.54, 1.807) is 27.7 Å². The summed E-state index contributed by atoms with van der Waals surface area (Å²) in [6, 6.07) is 0. The second-order valence-corrected chi connectivity index (χ2v) is 5.59. The molecule has 1 aliphatic rings. The average Bonchev–Trinajstić information content (AvgIpc) is 2.62. The summed E-state index contributed by atoms with van der Waals surface area (Å²) in [5, 5.41) is 7.80. The molecule has 11 nitrogen and oxygen atoms in total. The summed E-state index contributed by atoms with van der Waals surface area (Å²) < 4.78 is 19.5. The van der Waals surface area contributed by atoms with Gasteiger partial charge in [-0.05, 0) is 27.7 Å². The van der Waals surface area contributed by atoms with Crippen LogP contribution in [-0.4, -0.2) is 55.9 Å². The summed E-state index contributed by atoms with van der Waals surface area (Å²) in [4.78, 5) is 49.2. The van der Waals surface area contributed by atoms with E-state index in [2.05, 4.69) is 16.0 Å². The Hall–Kier alpha value is -2.95. The van der Waals surface area contributed by atoms with E-state index in [4.69, 9.17) is 30.5 Å². The van der Waals surface area contributed by atoms with E-state index in [-0.39, 0.29) is 38.1 Å². The van der Waals surface area contributed by atoms with Gasteiger partial charge >= 0.3 is 23.9 Å². The van der Waals surface area contributed by atoms with Crippen LogP contribution >= 0.6 is 11.6 Å². The van der Waals surface area contributed by atoms with E-state index in [1.807, 2.05) is 0 Å². The summed E-state index contributed by atoms with van der Waals surface area (Å²) in [5.74, 6) is -4.39. The molecule has 0 aliphatic carbocycles. The Balaban J connectivity index is 3.53. The van der Waals surface area contributed by atoms with Crippen molar-refractivity contribution in [1.29, 1.82) is 0 Å². The first kappa shape index (κ1) is 24.1. The van der Waals surface area contributed by atoms with Gasteiger partial charge in [0.2, 0.25) is 0 Å². The maximum Gasteiger partial charge on any atom is 0.349 e. The van der Waals surface area contributed by atoms with Crippen molar-refractivity contribution < 1.29 is 38.1 Å². The highest BCUT2D eigenvalue weighted by atomic mass is 35.5. The Morgan fingerprint density at radius 1 is 0.690 bits per heavy atom. The summed E-state index contributed by atoms with van der Waals surface area (Å²) >= 11 is 6.08. The molecule has 0 unspecified atom stereocenters. The fourth-order valence-corrected chi connectivity index (χ4v) is 2.36. The number of alkyl halides is 1. The number of carbonyl (C=O) groups excluding carboxylic acids is 4. The van der Waals surface area contributed by atoms with Gasteiger partial charge < -0.3 is 34.9 Å². The Kier molecular flexibility index (Phi) is 9.80. The molecule has 0 atom stereocenters. The van der Waals surface area contributed by atoms with Gasteiger partial charge in [-0.25, -0.2) is 19.2 Å². The van der Waals surface area contributed by atoms with Gasteiger partial charge in [-0.15, -0.1) is 0 Å². The zero-order valence-electron chi connectivity index (χ0n) is 16.5. The first-order valence-corrected chi connectivity index (χ1v) is 9.35. The Morgan fingerprint density at radius 2 is 0.966 bits per heavy atom. The second kappa shape index (κ2) is 11.8. The van der Waals surface area contributed by atoms with Crippen LogP contribution in [0.3, 0.4) is 0 Å². The quantitative estimate of drug-likeness (QED) is 0.0902. The molecule has 0 saturated carbocycles. The van der Waals surface area contributed by atoms with E-state index >= 15 is 0 Å². The maximum atomic E-state index is 12.3. The van der Waals surface area contributed by atoms with E-state index < -0.39 is 40.6 Å². The van der Waals surface area contributed by atoms with E-state index in [1.165, 1.54) is 0 Å². The standard InChI is InChI=1S/C17H24ClN3O8/c1-5-26-13(22)9(14(23)27-6-2)11-19-12(21-17(18)20-11)10(15(24)28-7-3)16(25)29-8-4/h17,19-21H,5-8H2,1-4H3. The minimum atomic E-state index is -1.11. The van der Waals surface area contributed by atoms with Crippen molar-refractivity contribution >= 4 is 35.5 Å². The normalized spacial score (nSPS) is 15.1. The van der Waals surface area contributed by atoms with Crippen molar-refractivity contribution in [2.24, 2.45) is 0 Å². The molecule has 29 heavy (non-hydrogen) atoms. The molecule has 0 aromatic carbocycles. The highest BCUT2D eigenvalue weighted by molar-refractivity contribution is 6.21. The van der Waals surface area contributed by atoms with E-state index in [0.29, 0.717) is 0 Å². The SMILES string of the molecule is CCOC(=O)C(C(=O)OCC)=C1NC(=C(C(=O)OCC)C(=O)OCC)NC(Cl)N1. The van der Waals surface area contributed by atoms with Gasteiger partial charge in [0.25, 0.3) is 0 Å². The van der Waals surface area contributed by atoms with Gasteiger partial charge in [0.05, 0.1) is 26.4 Å². The molecular weight excluding hydrogens is 410 g/mol. The molecule has 0 bridgehead atoms. The number of carbonyl (C=O) groups is 4. The molecule has 0 radical (unpaired) electrons. The van der Waals surface area contributed by atoms with Crippen molar-refractivity contribution in [3.8, 4) is 0 Å². The number of nitrogens with one attached hydrogen (secondary N) is 3. The first-order chi connectivity index (χ1) is 13.8. The lowest BCUT2D eigenvalue weighted by molar-refractivity contribution is -0.148. The summed E-state index contributed by atoms with van der Waals surface area (Å²) in [7, 11) is 0. The highest BCUT2D eigenvalue weighted by Crippen LogP contribution is 2.16. The monoisotopic (exact) mass is 433 g/mol. The third-order valence-corrected chi connectivity index (χ3v) is 3.43. The minimum absolute atomic E-state index is 0.00281. The van der Waals surface area contributed by atoms with Crippen molar-refractivity contribution in [2.45, 2.75) is 33.3 Å². The third kappa shape index (κ3) is 6.56. The Bertz CT molecular complexity index is 621. The third-order valence-electron chi connectivity index (χ3n) is 3.21. The van der Waals surface area contributed by atoms with Crippen molar-refractivity contribution in [2.75, 3.05) is 26.4 Å². The molecular formula is C17H24ClN3O8. The number of halogens is 1. The number of rotatable bonds is 8. The molecule has 1 heterocycles. The summed E-state index contributed by atoms with van der Waals surface area (Å²) in [5.41, 5.74) is -2.16. The molecule has 1 aliphatic heterocycles.